The van der Waals surface area contributed by atoms with Crippen LogP contribution in [0.1, 0.15) is 49.2 Å². The van der Waals surface area contributed by atoms with Crippen molar-refractivity contribution in [2.45, 2.75) is 46.1 Å². The Hall–Kier alpha value is -3.60. The zero-order valence-electron chi connectivity index (χ0n) is 19.2. The third-order valence-corrected chi connectivity index (χ3v) is 5.19. The molecule has 0 saturated heterocycles. The van der Waals surface area contributed by atoms with Crippen molar-refractivity contribution < 1.29 is 14.3 Å². The van der Waals surface area contributed by atoms with Crippen LogP contribution in [0.5, 0.6) is 5.75 Å². The van der Waals surface area contributed by atoms with Gasteiger partial charge in [0.2, 0.25) is 0 Å². The molecule has 0 aromatic heterocycles. The monoisotopic (exact) mass is 430 g/mol. The maximum atomic E-state index is 12.5. The number of anilines is 2. The predicted molar refractivity (Wildman–Crippen MR) is 129 cm³/mol. The summed E-state index contributed by atoms with van der Waals surface area (Å²) in [6.45, 7) is 10.1. The molecule has 1 atom stereocenters. The van der Waals surface area contributed by atoms with E-state index in [-0.39, 0.29) is 17.2 Å². The van der Waals surface area contributed by atoms with Crippen molar-refractivity contribution in [1.29, 1.82) is 0 Å². The Labute approximate surface area is 189 Å². The standard InChI is InChI=1S/C27H30N2O3/c1-18-8-6-7-9-24(18)32-19(2)25(30)28-22-14-16-23(17-15-22)29-26(31)20-10-12-21(13-11-20)27(3,4)5/h6-17,19H,1-5H3,(H,28,30)(H,29,31)/t19-/m0/s1. The summed E-state index contributed by atoms with van der Waals surface area (Å²) in [5, 5.41) is 5.72. The lowest BCUT2D eigenvalue weighted by Gasteiger charge is -2.19. The van der Waals surface area contributed by atoms with Gasteiger partial charge in [0.25, 0.3) is 11.8 Å². The molecule has 0 spiro atoms. The van der Waals surface area contributed by atoms with Crippen LogP contribution in [0.15, 0.2) is 72.8 Å². The maximum Gasteiger partial charge on any atom is 0.265 e. The largest absolute Gasteiger partial charge is 0.481 e. The van der Waals surface area contributed by atoms with E-state index < -0.39 is 6.10 Å². The van der Waals surface area contributed by atoms with E-state index in [0.717, 1.165) is 5.56 Å². The lowest BCUT2D eigenvalue weighted by Crippen LogP contribution is -2.30. The van der Waals surface area contributed by atoms with Gasteiger partial charge in [-0.25, -0.2) is 0 Å². The number of hydrogen-bond donors (Lipinski definition) is 2. The minimum absolute atomic E-state index is 0.0394. The summed E-state index contributed by atoms with van der Waals surface area (Å²) in [7, 11) is 0. The first kappa shape index (κ1) is 23.1. The molecule has 0 aliphatic carbocycles. The van der Waals surface area contributed by atoms with Gasteiger partial charge in [-0.3, -0.25) is 9.59 Å². The number of carbonyl (C=O) groups excluding carboxylic acids is 2. The first-order valence-electron chi connectivity index (χ1n) is 10.7. The zero-order chi connectivity index (χ0) is 23.3. The fourth-order valence-corrected chi connectivity index (χ4v) is 3.14. The van der Waals surface area contributed by atoms with Crippen molar-refractivity contribution in [1.82, 2.24) is 0 Å². The molecule has 0 saturated carbocycles. The fraction of sp³-hybridized carbons (Fsp3) is 0.259. The van der Waals surface area contributed by atoms with E-state index in [1.807, 2.05) is 55.5 Å². The SMILES string of the molecule is Cc1ccccc1O[C@@H](C)C(=O)Nc1ccc(NC(=O)c2ccc(C(C)(C)C)cc2)cc1. The Bertz CT molecular complexity index is 1080. The van der Waals surface area contributed by atoms with Crippen LogP contribution in [0.3, 0.4) is 0 Å². The van der Waals surface area contributed by atoms with Gasteiger partial charge < -0.3 is 15.4 Å². The molecule has 3 aromatic carbocycles. The lowest BCUT2D eigenvalue weighted by atomic mass is 9.87. The highest BCUT2D eigenvalue weighted by Gasteiger charge is 2.16. The summed E-state index contributed by atoms with van der Waals surface area (Å²) in [6, 6.07) is 22.2. The molecule has 5 nitrogen and oxygen atoms in total. The van der Waals surface area contributed by atoms with Gasteiger partial charge in [-0.05, 0) is 72.9 Å². The minimum Gasteiger partial charge on any atom is -0.481 e. The molecule has 0 heterocycles. The van der Waals surface area contributed by atoms with Crippen molar-refractivity contribution in [3.05, 3.63) is 89.5 Å². The Morgan fingerprint density at radius 1 is 0.812 bits per heavy atom. The second-order valence-electron chi connectivity index (χ2n) is 8.87. The van der Waals surface area contributed by atoms with Crippen LogP contribution in [0.4, 0.5) is 11.4 Å². The summed E-state index contributed by atoms with van der Waals surface area (Å²) in [6.07, 6.45) is -0.647. The normalized spacial score (nSPS) is 12.0. The Morgan fingerprint density at radius 2 is 1.38 bits per heavy atom. The number of amides is 2. The second kappa shape index (κ2) is 9.69. The highest BCUT2D eigenvalue weighted by Crippen LogP contribution is 2.23. The van der Waals surface area contributed by atoms with Crippen LogP contribution in [-0.4, -0.2) is 17.9 Å². The molecule has 0 bridgehead atoms. The predicted octanol–water partition coefficient (Wildman–Crippen LogP) is 5.95. The molecule has 2 amide bonds. The van der Waals surface area contributed by atoms with Crippen molar-refractivity contribution in [3.8, 4) is 5.75 Å². The summed E-state index contributed by atoms with van der Waals surface area (Å²) in [5.41, 5.74) is 4.06. The van der Waals surface area contributed by atoms with E-state index in [4.69, 9.17) is 4.74 Å². The third kappa shape index (κ3) is 5.97. The van der Waals surface area contributed by atoms with Gasteiger partial charge in [0, 0.05) is 16.9 Å². The molecule has 0 aliphatic heterocycles. The van der Waals surface area contributed by atoms with E-state index in [1.165, 1.54) is 5.56 Å². The lowest BCUT2D eigenvalue weighted by molar-refractivity contribution is -0.122. The summed E-state index contributed by atoms with van der Waals surface area (Å²) in [5.74, 6) is 0.259. The van der Waals surface area contributed by atoms with Crippen molar-refractivity contribution in [2.75, 3.05) is 10.6 Å². The average Bonchev–Trinajstić information content (AvgIpc) is 2.76. The van der Waals surface area contributed by atoms with Crippen molar-refractivity contribution in [3.63, 3.8) is 0 Å². The number of hydrogen-bond acceptors (Lipinski definition) is 3. The number of aryl methyl sites for hydroxylation is 1. The van der Waals surface area contributed by atoms with Gasteiger partial charge in [-0.2, -0.15) is 0 Å². The molecular formula is C27H30N2O3. The number of rotatable bonds is 6. The highest BCUT2D eigenvalue weighted by atomic mass is 16.5. The zero-order valence-corrected chi connectivity index (χ0v) is 19.2. The molecule has 3 aromatic rings. The van der Waals surface area contributed by atoms with E-state index in [9.17, 15) is 9.59 Å². The molecule has 0 aliphatic rings. The van der Waals surface area contributed by atoms with Gasteiger partial charge in [-0.15, -0.1) is 0 Å². The Kier molecular flexibility index (Phi) is 6.98. The van der Waals surface area contributed by atoms with Gasteiger partial charge in [0.15, 0.2) is 6.10 Å². The Balaban J connectivity index is 1.57. The molecule has 3 rings (SSSR count). The van der Waals surface area contributed by atoms with Gasteiger partial charge in [0.05, 0.1) is 0 Å². The summed E-state index contributed by atoms with van der Waals surface area (Å²) in [4.78, 5) is 25.0. The smallest absolute Gasteiger partial charge is 0.265 e. The highest BCUT2D eigenvalue weighted by molar-refractivity contribution is 6.04. The van der Waals surface area contributed by atoms with Gasteiger partial charge >= 0.3 is 0 Å². The Morgan fingerprint density at radius 3 is 1.94 bits per heavy atom. The number of para-hydroxylation sites is 1. The van der Waals surface area contributed by atoms with Crippen LogP contribution in [0.25, 0.3) is 0 Å². The van der Waals surface area contributed by atoms with Gasteiger partial charge in [-0.1, -0.05) is 51.1 Å². The second-order valence-corrected chi connectivity index (χ2v) is 8.87. The summed E-state index contributed by atoms with van der Waals surface area (Å²) >= 11 is 0. The molecule has 0 radical (unpaired) electrons. The maximum absolute atomic E-state index is 12.5. The topological polar surface area (TPSA) is 67.4 Å². The van der Waals surface area contributed by atoms with E-state index >= 15 is 0 Å². The number of ether oxygens (including phenoxy) is 1. The molecule has 0 unspecified atom stereocenters. The van der Waals surface area contributed by atoms with E-state index in [1.54, 1.807) is 31.2 Å². The third-order valence-electron chi connectivity index (χ3n) is 5.19. The average molecular weight is 431 g/mol. The fourth-order valence-electron chi connectivity index (χ4n) is 3.14. The molecular weight excluding hydrogens is 400 g/mol. The van der Waals surface area contributed by atoms with E-state index in [2.05, 4.69) is 31.4 Å². The number of benzene rings is 3. The van der Waals surface area contributed by atoms with Crippen LogP contribution < -0.4 is 15.4 Å². The molecule has 166 valence electrons. The quantitative estimate of drug-likeness (QED) is 0.508. The molecule has 5 heteroatoms. The van der Waals surface area contributed by atoms with Crippen LogP contribution in [0.2, 0.25) is 0 Å². The van der Waals surface area contributed by atoms with E-state index in [0.29, 0.717) is 22.7 Å². The van der Waals surface area contributed by atoms with Crippen LogP contribution >= 0.6 is 0 Å². The molecule has 2 N–H and O–H groups in total. The van der Waals surface area contributed by atoms with Gasteiger partial charge in [0.1, 0.15) is 5.75 Å². The molecule has 32 heavy (non-hydrogen) atoms. The first-order valence-corrected chi connectivity index (χ1v) is 10.7. The molecule has 0 fully saturated rings. The first-order chi connectivity index (χ1) is 15.1. The van der Waals surface area contributed by atoms with Crippen LogP contribution in [0, 0.1) is 6.92 Å². The minimum atomic E-state index is -0.647. The van der Waals surface area contributed by atoms with Crippen LogP contribution in [-0.2, 0) is 10.2 Å². The number of nitrogens with one attached hydrogen (secondary N) is 2. The van der Waals surface area contributed by atoms with Crippen molar-refractivity contribution in [2.24, 2.45) is 0 Å². The number of carbonyl (C=O) groups is 2. The van der Waals surface area contributed by atoms with Crippen molar-refractivity contribution >= 4 is 23.2 Å². The summed E-state index contributed by atoms with van der Waals surface area (Å²) < 4.78 is 5.76.